The molecule has 20 heavy (non-hydrogen) atoms. The van der Waals surface area contributed by atoms with Gasteiger partial charge in [-0.3, -0.25) is 19.3 Å². The second-order valence-electron chi connectivity index (χ2n) is 5.25. The maximum absolute atomic E-state index is 12.2. The lowest BCUT2D eigenvalue weighted by Crippen LogP contribution is -2.49. The van der Waals surface area contributed by atoms with Crippen LogP contribution in [0, 0.1) is 0 Å². The van der Waals surface area contributed by atoms with E-state index in [0.29, 0.717) is 12.8 Å². The number of likely N-dealkylation sites (N-methyl/N-ethyl adjacent to an activating group) is 1. The summed E-state index contributed by atoms with van der Waals surface area (Å²) in [6, 6.07) is -0.301. The lowest BCUT2D eigenvalue weighted by atomic mass is 10.0. The minimum atomic E-state index is -0.562. The fraction of sp³-hybridized carbons (Fsp3) is 0.538. The van der Waals surface area contributed by atoms with Gasteiger partial charge in [-0.2, -0.15) is 0 Å². The van der Waals surface area contributed by atoms with Crippen LogP contribution in [0.1, 0.15) is 31.7 Å². The van der Waals surface area contributed by atoms with Crippen LogP contribution >= 0.6 is 0 Å². The number of carbonyl (C=O) groups excluding carboxylic acids is 2. The number of hydrogen-bond donors (Lipinski definition) is 1. The number of nitrogens with zero attached hydrogens (tertiary/aromatic N) is 3. The Labute approximate surface area is 115 Å². The maximum Gasteiger partial charge on any atom is 0.293 e. The van der Waals surface area contributed by atoms with Crippen LogP contribution in [0.3, 0.4) is 0 Å². The minimum absolute atomic E-state index is 0.181. The first-order valence-electron chi connectivity index (χ1n) is 6.72. The van der Waals surface area contributed by atoms with E-state index in [1.54, 1.807) is 17.0 Å². The van der Waals surface area contributed by atoms with Crippen molar-refractivity contribution in [3.05, 3.63) is 22.7 Å². The molecule has 1 N–H and O–H groups in total. The second-order valence-corrected chi connectivity index (χ2v) is 5.25. The molecule has 1 atom stereocenters. The average molecular weight is 276 g/mol. The molecule has 7 nitrogen and oxygen atoms in total. The number of amides is 2. The van der Waals surface area contributed by atoms with Gasteiger partial charge in [0.25, 0.3) is 11.5 Å². The molecule has 0 bridgehead atoms. The lowest BCUT2D eigenvalue weighted by Gasteiger charge is -2.28. The van der Waals surface area contributed by atoms with Gasteiger partial charge in [0.2, 0.25) is 5.91 Å². The molecular weight excluding hydrogens is 260 g/mol. The van der Waals surface area contributed by atoms with E-state index in [2.05, 4.69) is 10.3 Å². The highest BCUT2D eigenvalue weighted by Gasteiger charge is 2.33. The van der Waals surface area contributed by atoms with E-state index < -0.39 is 6.04 Å². The standard InChI is InChI=1S/C13H16N4O3/c1-16-10(18)5-4-9(12(16)19)15-11-13(20)17(7-6-14-11)8-2-3-8/h6-9H,2-5H2,1H3,(H,14,15). The number of aromatic nitrogens is 2. The van der Waals surface area contributed by atoms with Crippen molar-refractivity contribution in [1.29, 1.82) is 0 Å². The van der Waals surface area contributed by atoms with E-state index >= 15 is 0 Å². The Morgan fingerprint density at radius 3 is 2.70 bits per heavy atom. The number of imide groups is 1. The van der Waals surface area contributed by atoms with Crippen LogP contribution in [0.2, 0.25) is 0 Å². The van der Waals surface area contributed by atoms with E-state index in [-0.39, 0.29) is 29.2 Å². The Morgan fingerprint density at radius 2 is 2.00 bits per heavy atom. The van der Waals surface area contributed by atoms with Crippen LogP contribution in [0.5, 0.6) is 0 Å². The third kappa shape index (κ3) is 2.19. The highest BCUT2D eigenvalue weighted by Crippen LogP contribution is 2.33. The van der Waals surface area contributed by atoms with Gasteiger partial charge in [-0.1, -0.05) is 0 Å². The Balaban J connectivity index is 1.81. The highest BCUT2D eigenvalue weighted by molar-refractivity contribution is 6.01. The summed E-state index contributed by atoms with van der Waals surface area (Å²) >= 11 is 0. The lowest BCUT2D eigenvalue weighted by molar-refractivity contribution is -0.146. The quantitative estimate of drug-likeness (QED) is 0.794. The number of likely N-dealkylation sites (tertiary alicyclic amines) is 1. The van der Waals surface area contributed by atoms with Crippen molar-refractivity contribution in [2.75, 3.05) is 12.4 Å². The van der Waals surface area contributed by atoms with Crippen molar-refractivity contribution in [2.24, 2.45) is 0 Å². The van der Waals surface area contributed by atoms with Crippen molar-refractivity contribution in [3.8, 4) is 0 Å². The first-order chi connectivity index (χ1) is 9.58. The van der Waals surface area contributed by atoms with E-state index in [0.717, 1.165) is 17.7 Å². The second kappa shape index (κ2) is 4.73. The number of piperidine rings is 1. The number of nitrogens with one attached hydrogen (secondary N) is 1. The highest BCUT2D eigenvalue weighted by atomic mass is 16.2. The first kappa shape index (κ1) is 12.8. The van der Waals surface area contributed by atoms with Crippen molar-refractivity contribution in [2.45, 2.75) is 37.8 Å². The zero-order chi connectivity index (χ0) is 14.3. The van der Waals surface area contributed by atoms with Gasteiger partial charge in [0.05, 0.1) is 0 Å². The molecule has 0 spiro atoms. The molecule has 1 unspecified atom stereocenters. The molecular formula is C13H16N4O3. The molecule has 1 aliphatic heterocycles. The molecule has 1 aliphatic carbocycles. The summed E-state index contributed by atoms with van der Waals surface area (Å²) in [5.74, 6) is -0.325. The Bertz CT molecular complexity index is 620. The molecule has 1 aromatic heterocycles. The van der Waals surface area contributed by atoms with E-state index in [9.17, 15) is 14.4 Å². The van der Waals surface area contributed by atoms with Gasteiger partial charge in [0, 0.05) is 31.9 Å². The largest absolute Gasteiger partial charge is 0.354 e. The Morgan fingerprint density at radius 1 is 1.25 bits per heavy atom. The smallest absolute Gasteiger partial charge is 0.293 e. The maximum atomic E-state index is 12.2. The average Bonchev–Trinajstić information content (AvgIpc) is 3.26. The van der Waals surface area contributed by atoms with Gasteiger partial charge >= 0.3 is 0 Å². The molecule has 1 saturated heterocycles. The summed E-state index contributed by atoms with van der Waals surface area (Å²) in [7, 11) is 1.46. The summed E-state index contributed by atoms with van der Waals surface area (Å²) in [4.78, 5) is 40.8. The van der Waals surface area contributed by atoms with Crippen LogP contribution < -0.4 is 10.9 Å². The molecule has 2 amide bonds. The van der Waals surface area contributed by atoms with Gasteiger partial charge < -0.3 is 9.88 Å². The molecule has 106 valence electrons. The third-order valence-electron chi connectivity index (χ3n) is 3.77. The number of hydrogen-bond acceptors (Lipinski definition) is 5. The van der Waals surface area contributed by atoms with Crippen molar-refractivity contribution in [3.63, 3.8) is 0 Å². The zero-order valence-electron chi connectivity index (χ0n) is 11.2. The van der Waals surface area contributed by atoms with Crippen LogP contribution in [-0.4, -0.2) is 39.4 Å². The number of anilines is 1. The van der Waals surface area contributed by atoms with Gasteiger partial charge in [0.15, 0.2) is 5.82 Å². The van der Waals surface area contributed by atoms with Gasteiger partial charge in [-0.25, -0.2) is 4.98 Å². The van der Waals surface area contributed by atoms with Crippen molar-refractivity contribution < 1.29 is 9.59 Å². The van der Waals surface area contributed by atoms with Gasteiger partial charge in [-0.15, -0.1) is 0 Å². The van der Waals surface area contributed by atoms with Crippen LogP contribution in [-0.2, 0) is 9.59 Å². The summed E-state index contributed by atoms with van der Waals surface area (Å²) in [6.45, 7) is 0. The first-order valence-corrected chi connectivity index (χ1v) is 6.72. The predicted molar refractivity (Wildman–Crippen MR) is 71.2 cm³/mol. The molecule has 1 aromatic rings. The molecule has 2 heterocycles. The molecule has 2 fully saturated rings. The fourth-order valence-corrected chi connectivity index (χ4v) is 2.38. The minimum Gasteiger partial charge on any atom is -0.354 e. The van der Waals surface area contributed by atoms with E-state index in [1.807, 2.05) is 0 Å². The molecule has 7 heteroatoms. The molecule has 0 radical (unpaired) electrons. The normalized spacial score (nSPS) is 23.1. The monoisotopic (exact) mass is 276 g/mol. The number of rotatable bonds is 3. The molecule has 0 aromatic carbocycles. The Kier molecular flexibility index (Phi) is 3.04. The van der Waals surface area contributed by atoms with Crippen LogP contribution in [0.15, 0.2) is 17.2 Å². The van der Waals surface area contributed by atoms with E-state index in [4.69, 9.17) is 0 Å². The number of carbonyl (C=O) groups is 2. The summed E-state index contributed by atoms with van der Waals surface area (Å²) in [6.07, 6.45) is 5.92. The topological polar surface area (TPSA) is 84.3 Å². The van der Waals surface area contributed by atoms with Crippen molar-refractivity contribution in [1.82, 2.24) is 14.5 Å². The van der Waals surface area contributed by atoms with Gasteiger partial charge in [-0.05, 0) is 19.3 Å². The van der Waals surface area contributed by atoms with Crippen LogP contribution in [0.4, 0.5) is 5.82 Å². The summed E-state index contributed by atoms with van der Waals surface area (Å²) in [5.41, 5.74) is -0.206. The van der Waals surface area contributed by atoms with Gasteiger partial charge in [0.1, 0.15) is 6.04 Å². The molecule has 2 aliphatic rings. The molecule has 1 saturated carbocycles. The van der Waals surface area contributed by atoms with E-state index in [1.165, 1.54) is 7.05 Å². The Hall–Kier alpha value is -2.18. The zero-order valence-corrected chi connectivity index (χ0v) is 11.2. The summed E-state index contributed by atoms with van der Waals surface area (Å²) < 4.78 is 1.65. The van der Waals surface area contributed by atoms with Crippen LogP contribution in [0.25, 0.3) is 0 Å². The van der Waals surface area contributed by atoms with Crippen molar-refractivity contribution >= 4 is 17.6 Å². The predicted octanol–water partition coefficient (Wildman–Crippen LogP) is 0.137. The fourth-order valence-electron chi connectivity index (χ4n) is 2.38. The SMILES string of the molecule is CN1C(=O)CCC(Nc2nccn(C3CC3)c2=O)C1=O. The molecule has 3 rings (SSSR count). The third-order valence-corrected chi connectivity index (χ3v) is 3.77. The summed E-state index contributed by atoms with van der Waals surface area (Å²) in [5, 5.41) is 2.89.